The number of anilines is 1. The summed E-state index contributed by atoms with van der Waals surface area (Å²) in [6.45, 7) is 6.90. The highest BCUT2D eigenvalue weighted by Crippen LogP contribution is 2.40. The first-order valence-corrected chi connectivity index (χ1v) is 15.5. The highest BCUT2D eigenvalue weighted by Gasteiger charge is 2.50. The molecule has 3 aromatic rings. The van der Waals surface area contributed by atoms with Crippen molar-refractivity contribution in [1.29, 1.82) is 0 Å². The second-order valence-corrected chi connectivity index (χ2v) is 13.5. The summed E-state index contributed by atoms with van der Waals surface area (Å²) in [6, 6.07) is 14.9. The quantitative estimate of drug-likeness (QED) is 0.444. The summed E-state index contributed by atoms with van der Waals surface area (Å²) in [4.78, 5) is 27.4. The Hall–Kier alpha value is -3.04. The number of likely N-dealkylation sites (tertiary alicyclic amines) is 1. The molecule has 1 aliphatic heterocycles. The van der Waals surface area contributed by atoms with E-state index in [0.29, 0.717) is 48.6 Å². The first kappa shape index (κ1) is 27.5. The molecule has 39 heavy (non-hydrogen) atoms. The first-order valence-electron chi connectivity index (χ1n) is 13.9. The molecule has 1 aromatic heterocycles. The van der Waals surface area contributed by atoms with E-state index in [-0.39, 0.29) is 11.7 Å². The van der Waals surface area contributed by atoms with Gasteiger partial charge in [0.15, 0.2) is 9.84 Å². The van der Waals surface area contributed by atoms with E-state index in [1.165, 1.54) is 6.33 Å². The molecule has 2 aromatic carbocycles. The van der Waals surface area contributed by atoms with Crippen molar-refractivity contribution in [2.24, 2.45) is 0 Å². The number of nitrogens with one attached hydrogen (secondary N) is 1. The number of amides is 1. The number of aryl methyl sites for hydroxylation is 1. The molecule has 9 heteroatoms. The van der Waals surface area contributed by atoms with Crippen molar-refractivity contribution in [2.45, 2.75) is 81.4 Å². The average molecular weight is 550 g/mol. The minimum absolute atomic E-state index is 0.0478. The fraction of sp³-hybridized carbons (Fsp3) is 0.500. The molecule has 1 amide bonds. The van der Waals surface area contributed by atoms with Gasteiger partial charge in [0.25, 0.3) is 0 Å². The van der Waals surface area contributed by atoms with Crippen LogP contribution in [0.15, 0.2) is 59.8 Å². The molecule has 2 heterocycles. The molecule has 1 N–H and O–H groups in total. The molecule has 208 valence electrons. The van der Waals surface area contributed by atoms with Crippen LogP contribution in [0, 0.1) is 6.92 Å². The van der Waals surface area contributed by atoms with E-state index in [2.05, 4.69) is 41.1 Å². The van der Waals surface area contributed by atoms with Gasteiger partial charge >= 0.3 is 0 Å². The fourth-order valence-electron chi connectivity index (χ4n) is 6.26. The van der Waals surface area contributed by atoms with Crippen molar-refractivity contribution in [3.8, 4) is 0 Å². The molecule has 1 saturated carbocycles. The molecule has 2 aliphatic rings. The highest BCUT2D eigenvalue weighted by molar-refractivity contribution is 7.91. The molecule has 1 saturated heterocycles. The van der Waals surface area contributed by atoms with Crippen molar-refractivity contribution in [3.63, 3.8) is 0 Å². The summed E-state index contributed by atoms with van der Waals surface area (Å²) >= 11 is 0. The lowest BCUT2D eigenvalue weighted by molar-refractivity contribution is -0.134. The lowest BCUT2D eigenvalue weighted by Crippen LogP contribution is -2.58. The number of nitrogens with zero attached hydrogens (tertiary/aromatic N) is 4. The Kier molecular flexibility index (Phi) is 7.66. The molecular formula is C30H39N5O3S. The second kappa shape index (κ2) is 10.8. The van der Waals surface area contributed by atoms with Gasteiger partial charge < -0.3 is 15.1 Å². The van der Waals surface area contributed by atoms with Crippen LogP contribution < -0.4 is 5.32 Å². The van der Waals surface area contributed by atoms with Crippen LogP contribution in [-0.4, -0.2) is 77.1 Å². The maximum Gasteiger partial charge on any atom is 0.245 e. The van der Waals surface area contributed by atoms with Crippen LogP contribution in [0.25, 0.3) is 10.9 Å². The van der Waals surface area contributed by atoms with Gasteiger partial charge in [0.2, 0.25) is 5.91 Å². The van der Waals surface area contributed by atoms with Crippen molar-refractivity contribution in [1.82, 2.24) is 19.8 Å². The van der Waals surface area contributed by atoms with Crippen LogP contribution in [0.5, 0.6) is 0 Å². The molecule has 8 nitrogen and oxygen atoms in total. The number of hydrogen-bond acceptors (Lipinski definition) is 7. The molecule has 0 spiro atoms. The van der Waals surface area contributed by atoms with Crippen molar-refractivity contribution >= 4 is 32.5 Å². The highest BCUT2D eigenvalue weighted by atomic mass is 32.2. The Morgan fingerprint density at radius 2 is 1.79 bits per heavy atom. The maximum atomic E-state index is 14.0. The largest absolute Gasteiger partial charge is 0.358 e. The van der Waals surface area contributed by atoms with Crippen LogP contribution in [0.4, 0.5) is 5.82 Å². The number of carbonyl (C=O) groups excluding carboxylic acids is 1. The lowest BCUT2D eigenvalue weighted by atomic mass is 9.78. The Morgan fingerprint density at radius 3 is 2.49 bits per heavy atom. The van der Waals surface area contributed by atoms with Crippen LogP contribution in [0.2, 0.25) is 0 Å². The minimum Gasteiger partial charge on any atom is -0.358 e. The average Bonchev–Trinajstić information content (AvgIpc) is 3.29. The van der Waals surface area contributed by atoms with Crippen molar-refractivity contribution in [2.75, 3.05) is 24.7 Å². The number of aromatic nitrogens is 2. The first-order chi connectivity index (χ1) is 18.6. The molecule has 5 rings (SSSR count). The van der Waals surface area contributed by atoms with Gasteiger partial charge in [0, 0.05) is 24.0 Å². The number of rotatable bonds is 8. The third-order valence-electron chi connectivity index (χ3n) is 8.72. The second-order valence-electron chi connectivity index (χ2n) is 11.5. The van der Waals surface area contributed by atoms with E-state index >= 15 is 0 Å². The van der Waals surface area contributed by atoms with E-state index in [1.807, 2.05) is 36.1 Å². The topological polar surface area (TPSA) is 95.5 Å². The summed E-state index contributed by atoms with van der Waals surface area (Å²) in [6.07, 6.45) is 5.15. The maximum absolute atomic E-state index is 14.0. The third-order valence-corrected chi connectivity index (χ3v) is 10.6. The van der Waals surface area contributed by atoms with Crippen molar-refractivity contribution in [3.05, 3.63) is 60.4 Å². The number of carbonyl (C=O) groups is 1. The predicted molar refractivity (Wildman–Crippen MR) is 154 cm³/mol. The monoisotopic (exact) mass is 549 g/mol. The Labute approximate surface area is 231 Å². The van der Waals surface area contributed by atoms with E-state index in [9.17, 15) is 13.2 Å². The molecule has 1 atom stereocenters. The number of hydrogen-bond donors (Lipinski definition) is 1. The summed E-state index contributed by atoms with van der Waals surface area (Å²) < 4.78 is 27.3. The van der Waals surface area contributed by atoms with Crippen LogP contribution in [0.1, 0.15) is 51.5 Å². The van der Waals surface area contributed by atoms with E-state index in [1.54, 1.807) is 24.3 Å². The molecule has 0 radical (unpaired) electrons. The van der Waals surface area contributed by atoms with Gasteiger partial charge in [-0.2, -0.15) is 0 Å². The zero-order valence-corrected chi connectivity index (χ0v) is 24.1. The van der Waals surface area contributed by atoms with Crippen LogP contribution >= 0.6 is 0 Å². The molecule has 0 bridgehead atoms. The summed E-state index contributed by atoms with van der Waals surface area (Å²) in [5.41, 5.74) is 1.17. The predicted octanol–water partition coefficient (Wildman–Crippen LogP) is 4.45. The zero-order chi connectivity index (χ0) is 27.8. The molecule has 0 unspecified atom stereocenters. The normalized spacial score (nSPS) is 24.2. The Balaban J connectivity index is 1.42. The van der Waals surface area contributed by atoms with Gasteiger partial charge in [0.05, 0.1) is 21.7 Å². The van der Waals surface area contributed by atoms with Gasteiger partial charge in [-0.3, -0.25) is 4.79 Å². The fourth-order valence-corrected chi connectivity index (χ4v) is 8.15. The minimum atomic E-state index is -3.59. The number of sulfone groups is 1. The van der Waals surface area contributed by atoms with Crippen LogP contribution in [0.3, 0.4) is 0 Å². The lowest BCUT2D eigenvalue weighted by Gasteiger charge is -2.48. The van der Waals surface area contributed by atoms with Crippen molar-refractivity contribution < 1.29 is 13.2 Å². The molecule has 1 aliphatic carbocycles. The van der Waals surface area contributed by atoms with E-state index < -0.39 is 21.4 Å². The molecular weight excluding hydrogens is 510 g/mol. The van der Waals surface area contributed by atoms with E-state index in [0.717, 1.165) is 29.3 Å². The summed E-state index contributed by atoms with van der Waals surface area (Å²) in [5, 5.41) is 4.26. The SMILES string of the molecule is Cc1ccc2ncnc(N[C@H]3CCN(C4(CS(=O)(=O)c5ccccc5)CCC(N(C)C(C)C)CC4)C3=O)c2c1. The van der Waals surface area contributed by atoms with Gasteiger partial charge in [-0.25, -0.2) is 18.4 Å². The van der Waals surface area contributed by atoms with Crippen LogP contribution in [-0.2, 0) is 14.6 Å². The Morgan fingerprint density at radius 1 is 1.08 bits per heavy atom. The van der Waals surface area contributed by atoms with E-state index in [4.69, 9.17) is 0 Å². The third kappa shape index (κ3) is 5.52. The number of benzene rings is 2. The van der Waals surface area contributed by atoms with Gasteiger partial charge in [-0.15, -0.1) is 0 Å². The van der Waals surface area contributed by atoms with Gasteiger partial charge in [-0.05, 0) is 84.2 Å². The Bertz CT molecular complexity index is 1440. The molecule has 2 fully saturated rings. The standard InChI is InChI=1S/C30H39N5O3S/c1-21(2)34(4)23-12-15-30(16-13-23,19-39(37,38)24-8-6-5-7-9-24)35-17-14-27(29(35)36)33-28-25-18-22(3)10-11-26(25)31-20-32-28/h5-11,18,20-21,23,27H,12-17,19H2,1-4H3,(H,31,32,33)/t23?,27-,30?/m0/s1. The summed E-state index contributed by atoms with van der Waals surface area (Å²) in [7, 11) is -1.46. The number of fused-ring (bicyclic) bond motifs is 1. The zero-order valence-electron chi connectivity index (χ0n) is 23.3. The smallest absolute Gasteiger partial charge is 0.245 e. The summed E-state index contributed by atoms with van der Waals surface area (Å²) in [5.74, 6) is 0.529. The van der Waals surface area contributed by atoms with Gasteiger partial charge in [-0.1, -0.05) is 29.8 Å². The van der Waals surface area contributed by atoms with Gasteiger partial charge in [0.1, 0.15) is 18.2 Å².